The van der Waals surface area contributed by atoms with Crippen molar-refractivity contribution in [1.29, 1.82) is 0 Å². The van der Waals surface area contributed by atoms with E-state index in [1.807, 2.05) is 18.2 Å². The third-order valence-electron chi connectivity index (χ3n) is 3.04. The molecule has 0 saturated heterocycles. The minimum absolute atomic E-state index is 0.674. The minimum Gasteiger partial charge on any atom is -0.399 e. The SMILES string of the molecule is CC(C)CCOCCNc1ncnc2cc(N)ccc12. The maximum atomic E-state index is 5.75. The number of nitrogens with one attached hydrogen (secondary N) is 1. The lowest BCUT2D eigenvalue weighted by atomic mass is 10.1. The Morgan fingerprint density at radius 3 is 2.90 bits per heavy atom. The lowest BCUT2D eigenvalue weighted by Crippen LogP contribution is -2.12. The lowest BCUT2D eigenvalue weighted by Gasteiger charge is -2.09. The molecule has 0 atom stereocenters. The monoisotopic (exact) mass is 274 g/mol. The Morgan fingerprint density at radius 1 is 1.25 bits per heavy atom. The summed E-state index contributed by atoms with van der Waals surface area (Å²) in [6.45, 7) is 6.60. The number of nitrogens with two attached hydrogens (primary N) is 1. The van der Waals surface area contributed by atoms with Gasteiger partial charge in [-0.05, 0) is 30.5 Å². The Hall–Kier alpha value is -1.88. The smallest absolute Gasteiger partial charge is 0.137 e. The fourth-order valence-electron chi connectivity index (χ4n) is 1.88. The van der Waals surface area contributed by atoms with Gasteiger partial charge in [-0.15, -0.1) is 0 Å². The topological polar surface area (TPSA) is 73.1 Å². The van der Waals surface area contributed by atoms with Crippen LogP contribution in [0, 0.1) is 5.92 Å². The molecule has 3 N–H and O–H groups in total. The Kier molecular flexibility index (Phi) is 5.12. The summed E-state index contributed by atoms with van der Waals surface area (Å²) in [5.41, 5.74) is 7.31. The molecule has 0 spiro atoms. The van der Waals surface area contributed by atoms with Crippen LogP contribution < -0.4 is 11.1 Å². The van der Waals surface area contributed by atoms with Crippen molar-refractivity contribution in [3.63, 3.8) is 0 Å². The Bertz CT molecular complexity index is 557. The highest BCUT2D eigenvalue weighted by molar-refractivity contribution is 5.90. The van der Waals surface area contributed by atoms with Crippen molar-refractivity contribution in [3.8, 4) is 0 Å². The quantitative estimate of drug-likeness (QED) is 0.600. The van der Waals surface area contributed by atoms with E-state index in [0.717, 1.165) is 36.3 Å². The van der Waals surface area contributed by atoms with Gasteiger partial charge in [0.2, 0.25) is 0 Å². The van der Waals surface area contributed by atoms with Gasteiger partial charge in [0.25, 0.3) is 0 Å². The van der Waals surface area contributed by atoms with Gasteiger partial charge in [0.05, 0.1) is 12.1 Å². The number of hydrogen-bond donors (Lipinski definition) is 2. The van der Waals surface area contributed by atoms with E-state index in [1.165, 1.54) is 0 Å². The molecule has 0 saturated carbocycles. The molecule has 1 heterocycles. The Labute approximate surface area is 119 Å². The minimum atomic E-state index is 0.674. The number of benzene rings is 1. The Morgan fingerprint density at radius 2 is 2.10 bits per heavy atom. The molecule has 0 aliphatic heterocycles. The number of nitrogens with zero attached hydrogens (tertiary/aromatic N) is 2. The van der Waals surface area contributed by atoms with E-state index in [0.29, 0.717) is 18.2 Å². The molecule has 2 aromatic rings. The molecule has 20 heavy (non-hydrogen) atoms. The van der Waals surface area contributed by atoms with E-state index < -0.39 is 0 Å². The summed E-state index contributed by atoms with van der Waals surface area (Å²) in [5, 5.41) is 4.25. The molecule has 2 rings (SSSR count). The molecule has 0 aliphatic rings. The number of hydrogen-bond acceptors (Lipinski definition) is 5. The molecule has 0 fully saturated rings. The summed E-state index contributed by atoms with van der Waals surface area (Å²) in [6, 6.07) is 5.64. The maximum absolute atomic E-state index is 5.75. The van der Waals surface area contributed by atoms with Crippen molar-refractivity contribution in [2.24, 2.45) is 5.92 Å². The van der Waals surface area contributed by atoms with Crippen molar-refractivity contribution in [2.75, 3.05) is 30.8 Å². The van der Waals surface area contributed by atoms with Crippen LogP contribution in [-0.2, 0) is 4.74 Å². The zero-order chi connectivity index (χ0) is 14.4. The molecule has 0 amide bonds. The fraction of sp³-hybridized carbons (Fsp3) is 0.467. The molecule has 0 aliphatic carbocycles. The zero-order valence-electron chi connectivity index (χ0n) is 12.1. The molecule has 5 nitrogen and oxygen atoms in total. The molecule has 108 valence electrons. The Balaban J connectivity index is 1.87. The largest absolute Gasteiger partial charge is 0.399 e. The summed E-state index contributed by atoms with van der Waals surface area (Å²) in [5.74, 6) is 1.50. The molecule has 0 bridgehead atoms. The van der Waals surface area contributed by atoms with E-state index in [1.54, 1.807) is 6.33 Å². The number of anilines is 2. The van der Waals surface area contributed by atoms with Crippen molar-refractivity contribution >= 4 is 22.4 Å². The summed E-state index contributed by atoms with van der Waals surface area (Å²) in [7, 11) is 0. The van der Waals surface area contributed by atoms with Gasteiger partial charge in [-0.1, -0.05) is 13.8 Å². The van der Waals surface area contributed by atoms with Crippen LogP contribution in [0.3, 0.4) is 0 Å². The summed E-state index contributed by atoms with van der Waals surface area (Å²) >= 11 is 0. The number of nitrogen functional groups attached to an aromatic ring is 1. The van der Waals surface area contributed by atoms with E-state index in [2.05, 4.69) is 29.1 Å². The normalized spacial score (nSPS) is 11.2. The van der Waals surface area contributed by atoms with Crippen LogP contribution in [0.1, 0.15) is 20.3 Å². The average molecular weight is 274 g/mol. The van der Waals surface area contributed by atoms with E-state index in [4.69, 9.17) is 10.5 Å². The molecule has 0 radical (unpaired) electrons. The maximum Gasteiger partial charge on any atom is 0.137 e. The number of rotatable bonds is 7. The van der Waals surface area contributed by atoms with Gasteiger partial charge in [-0.3, -0.25) is 0 Å². The van der Waals surface area contributed by atoms with Crippen molar-refractivity contribution in [2.45, 2.75) is 20.3 Å². The second kappa shape index (κ2) is 7.05. The van der Waals surface area contributed by atoms with Crippen LogP contribution in [0.25, 0.3) is 10.9 Å². The van der Waals surface area contributed by atoms with Crippen molar-refractivity contribution in [3.05, 3.63) is 24.5 Å². The molecule has 0 unspecified atom stereocenters. The second-order valence-electron chi connectivity index (χ2n) is 5.22. The number of fused-ring (bicyclic) bond motifs is 1. The number of aromatic nitrogens is 2. The molecular weight excluding hydrogens is 252 g/mol. The van der Waals surface area contributed by atoms with Gasteiger partial charge in [0.1, 0.15) is 12.1 Å². The highest BCUT2D eigenvalue weighted by Crippen LogP contribution is 2.20. The van der Waals surface area contributed by atoms with Crippen LogP contribution in [0.4, 0.5) is 11.5 Å². The lowest BCUT2D eigenvalue weighted by molar-refractivity contribution is 0.132. The van der Waals surface area contributed by atoms with Gasteiger partial charge < -0.3 is 15.8 Å². The summed E-state index contributed by atoms with van der Waals surface area (Å²) < 4.78 is 5.57. The van der Waals surface area contributed by atoms with E-state index in [9.17, 15) is 0 Å². The third-order valence-corrected chi connectivity index (χ3v) is 3.04. The van der Waals surface area contributed by atoms with Crippen LogP contribution in [-0.4, -0.2) is 29.7 Å². The first kappa shape index (κ1) is 14.5. The standard InChI is InChI=1S/C15H22N4O/c1-11(2)5-7-20-8-6-17-15-13-4-3-12(16)9-14(13)18-10-19-15/h3-4,9-11H,5-8,16H2,1-2H3,(H,17,18,19). The molecule has 1 aromatic carbocycles. The predicted molar refractivity (Wildman–Crippen MR) is 82.7 cm³/mol. The first-order valence-corrected chi connectivity index (χ1v) is 6.98. The van der Waals surface area contributed by atoms with Gasteiger partial charge >= 0.3 is 0 Å². The highest BCUT2D eigenvalue weighted by Gasteiger charge is 2.03. The van der Waals surface area contributed by atoms with E-state index >= 15 is 0 Å². The highest BCUT2D eigenvalue weighted by atomic mass is 16.5. The molecule has 5 heteroatoms. The second-order valence-corrected chi connectivity index (χ2v) is 5.22. The van der Waals surface area contributed by atoms with Crippen LogP contribution >= 0.6 is 0 Å². The summed E-state index contributed by atoms with van der Waals surface area (Å²) in [4.78, 5) is 8.48. The van der Waals surface area contributed by atoms with Crippen LogP contribution in [0.2, 0.25) is 0 Å². The average Bonchev–Trinajstić information content (AvgIpc) is 2.42. The van der Waals surface area contributed by atoms with Gasteiger partial charge in [-0.25, -0.2) is 9.97 Å². The van der Waals surface area contributed by atoms with Gasteiger partial charge in [0.15, 0.2) is 0 Å². The van der Waals surface area contributed by atoms with Gasteiger partial charge in [0, 0.05) is 24.2 Å². The fourth-order valence-corrected chi connectivity index (χ4v) is 1.88. The molecule has 1 aromatic heterocycles. The van der Waals surface area contributed by atoms with Gasteiger partial charge in [-0.2, -0.15) is 0 Å². The first-order valence-electron chi connectivity index (χ1n) is 6.98. The predicted octanol–water partition coefficient (Wildman–Crippen LogP) is 2.69. The van der Waals surface area contributed by atoms with Crippen molar-refractivity contribution in [1.82, 2.24) is 9.97 Å². The zero-order valence-corrected chi connectivity index (χ0v) is 12.1. The first-order chi connectivity index (χ1) is 9.66. The number of ether oxygens (including phenoxy) is 1. The van der Waals surface area contributed by atoms with E-state index in [-0.39, 0.29) is 0 Å². The van der Waals surface area contributed by atoms with Crippen molar-refractivity contribution < 1.29 is 4.74 Å². The third kappa shape index (κ3) is 4.06. The molecular formula is C15H22N4O. The van der Waals surface area contributed by atoms with Crippen LogP contribution in [0.15, 0.2) is 24.5 Å². The van der Waals surface area contributed by atoms with Crippen LogP contribution in [0.5, 0.6) is 0 Å². The summed E-state index contributed by atoms with van der Waals surface area (Å²) in [6.07, 6.45) is 2.64.